The summed E-state index contributed by atoms with van der Waals surface area (Å²) in [6.07, 6.45) is 11.2. The molecule has 122 valence electrons. The molecule has 0 rings (SSSR count). The van der Waals surface area contributed by atoms with Crippen molar-refractivity contribution in [2.24, 2.45) is 0 Å². The highest BCUT2D eigenvalue weighted by molar-refractivity contribution is 6.34. The standard InChI is InChI=1S/C16H38O2Si2/c1-5-9-15(10-6-2)17-19-13-14-20-18-16(11-7-3)12-8-4/h15-16H,5-14,19-20H2,1-4H3. The fourth-order valence-electron chi connectivity index (χ4n) is 2.61. The molecule has 4 heteroatoms. The summed E-state index contributed by atoms with van der Waals surface area (Å²) in [4.78, 5) is 0. The van der Waals surface area contributed by atoms with Crippen LogP contribution >= 0.6 is 0 Å². The predicted molar refractivity (Wildman–Crippen MR) is 96.1 cm³/mol. The highest BCUT2D eigenvalue weighted by Crippen LogP contribution is 2.11. The maximum absolute atomic E-state index is 6.13. The largest absolute Gasteiger partial charge is 0.421 e. The number of hydrogen-bond acceptors (Lipinski definition) is 2. The van der Waals surface area contributed by atoms with E-state index in [-0.39, 0.29) is 19.5 Å². The molecule has 0 heterocycles. The van der Waals surface area contributed by atoms with Gasteiger partial charge in [0.25, 0.3) is 0 Å². The second kappa shape index (κ2) is 15.7. The molecule has 0 aromatic heterocycles. The molecule has 0 saturated heterocycles. The smallest absolute Gasteiger partial charge is 0.161 e. The highest BCUT2D eigenvalue weighted by atomic mass is 28.2. The second-order valence-corrected chi connectivity index (χ2v) is 8.74. The molecule has 0 aromatic rings. The van der Waals surface area contributed by atoms with Crippen molar-refractivity contribution in [3.05, 3.63) is 0 Å². The van der Waals surface area contributed by atoms with E-state index in [0.29, 0.717) is 12.2 Å². The first kappa shape index (κ1) is 20.4. The molecule has 0 atom stereocenters. The van der Waals surface area contributed by atoms with Crippen molar-refractivity contribution in [1.82, 2.24) is 0 Å². The van der Waals surface area contributed by atoms with Crippen molar-refractivity contribution in [2.75, 3.05) is 0 Å². The predicted octanol–water partition coefficient (Wildman–Crippen LogP) is 3.96. The van der Waals surface area contributed by atoms with Gasteiger partial charge in [0.15, 0.2) is 19.5 Å². The Kier molecular flexibility index (Phi) is 16.0. The summed E-state index contributed by atoms with van der Waals surface area (Å²) in [6.45, 7) is 9.04. The van der Waals surface area contributed by atoms with Gasteiger partial charge in [-0.05, 0) is 37.8 Å². The van der Waals surface area contributed by atoms with E-state index in [9.17, 15) is 0 Å². The first-order valence-corrected chi connectivity index (χ1v) is 12.2. The SMILES string of the molecule is CCCC(CCC)O[SiH2]CC[SiH2]OC(CCC)CCC. The van der Waals surface area contributed by atoms with Crippen LogP contribution in [0.1, 0.15) is 79.1 Å². The van der Waals surface area contributed by atoms with Crippen molar-refractivity contribution in [2.45, 2.75) is 103 Å². The molecule has 0 aromatic carbocycles. The topological polar surface area (TPSA) is 18.5 Å². The van der Waals surface area contributed by atoms with Crippen LogP contribution in [0.15, 0.2) is 0 Å². The molecule has 0 spiro atoms. The quantitative estimate of drug-likeness (QED) is 0.336. The zero-order chi connectivity index (χ0) is 15.1. The van der Waals surface area contributed by atoms with Gasteiger partial charge in [0.2, 0.25) is 0 Å². The molecule has 0 N–H and O–H groups in total. The van der Waals surface area contributed by atoms with Crippen molar-refractivity contribution >= 4 is 19.5 Å². The molecule has 0 aliphatic rings. The first-order chi connectivity index (χ1) is 9.78. The molecule has 0 saturated carbocycles. The maximum atomic E-state index is 6.13. The van der Waals surface area contributed by atoms with Crippen molar-refractivity contribution < 1.29 is 8.85 Å². The van der Waals surface area contributed by atoms with Crippen LogP contribution in [0.3, 0.4) is 0 Å². The van der Waals surface area contributed by atoms with Gasteiger partial charge < -0.3 is 8.85 Å². The molecule has 0 aliphatic heterocycles. The third kappa shape index (κ3) is 12.1. The Morgan fingerprint density at radius 1 is 0.600 bits per heavy atom. The lowest BCUT2D eigenvalue weighted by Crippen LogP contribution is -2.17. The lowest BCUT2D eigenvalue weighted by molar-refractivity contribution is 0.183. The van der Waals surface area contributed by atoms with Crippen molar-refractivity contribution in [3.63, 3.8) is 0 Å². The van der Waals surface area contributed by atoms with E-state index >= 15 is 0 Å². The Hall–Kier alpha value is 0.354. The van der Waals surface area contributed by atoms with Gasteiger partial charge >= 0.3 is 0 Å². The number of rotatable bonds is 15. The van der Waals surface area contributed by atoms with Gasteiger partial charge in [-0.3, -0.25) is 0 Å². The van der Waals surface area contributed by atoms with Crippen LogP contribution in [-0.2, 0) is 8.85 Å². The van der Waals surface area contributed by atoms with Gasteiger partial charge in [0.1, 0.15) is 0 Å². The molecule has 0 aliphatic carbocycles. The van der Waals surface area contributed by atoms with Crippen LogP contribution < -0.4 is 0 Å². The van der Waals surface area contributed by atoms with Crippen molar-refractivity contribution in [3.8, 4) is 0 Å². The second-order valence-electron chi connectivity index (χ2n) is 5.85. The minimum Gasteiger partial charge on any atom is -0.421 e. The minimum atomic E-state index is -0.290. The third-order valence-electron chi connectivity index (χ3n) is 3.69. The Labute approximate surface area is 132 Å². The van der Waals surface area contributed by atoms with E-state index in [1.165, 1.54) is 63.5 Å². The maximum Gasteiger partial charge on any atom is 0.161 e. The van der Waals surface area contributed by atoms with Gasteiger partial charge in [0.05, 0.1) is 0 Å². The summed E-state index contributed by atoms with van der Waals surface area (Å²) in [7, 11) is -0.580. The lowest BCUT2D eigenvalue weighted by Gasteiger charge is -2.18. The fraction of sp³-hybridized carbons (Fsp3) is 1.00. The summed E-state index contributed by atoms with van der Waals surface area (Å²) in [6, 6.07) is 2.67. The molecule has 0 amide bonds. The van der Waals surface area contributed by atoms with Crippen molar-refractivity contribution in [1.29, 1.82) is 0 Å². The van der Waals surface area contributed by atoms with E-state index in [4.69, 9.17) is 8.85 Å². The zero-order valence-corrected chi connectivity index (χ0v) is 17.3. The minimum absolute atomic E-state index is 0.290. The molecule has 0 fully saturated rings. The molecule has 20 heavy (non-hydrogen) atoms. The fourth-order valence-corrected chi connectivity index (χ4v) is 5.91. The molecular weight excluding hydrogens is 280 g/mol. The van der Waals surface area contributed by atoms with E-state index in [1.807, 2.05) is 0 Å². The van der Waals surface area contributed by atoms with Gasteiger partial charge in [-0.2, -0.15) is 0 Å². The van der Waals surface area contributed by atoms with Gasteiger partial charge in [-0.25, -0.2) is 0 Å². The lowest BCUT2D eigenvalue weighted by atomic mass is 10.1. The summed E-state index contributed by atoms with van der Waals surface area (Å²) in [5.41, 5.74) is 0. The molecule has 0 bridgehead atoms. The summed E-state index contributed by atoms with van der Waals surface area (Å²) >= 11 is 0. The van der Waals surface area contributed by atoms with Crippen LogP contribution in [0.4, 0.5) is 0 Å². The Morgan fingerprint density at radius 3 is 1.15 bits per heavy atom. The summed E-state index contributed by atoms with van der Waals surface area (Å²) < 4.78 is 12.3. The van der Waals surface area contributed by atoms with Gasteiger partial charge in [-0.15, -0.1) is 0 Å². The van der Waals surface area contributed by atoms with Gasteiger partial charge in [0, 0.05) is 12.2 Å². The Balaban J connectivity index is 3.53. The number of hydrogen-bond donors (Lipinski definition) is 0. The zero-order valence-electron chi connectivity index (χ0n) is 14.5. The van der Waals surface area contributed by atoms with Crippen LogP contribution in [0.2, 0.25) is 12.1 Å². The Bertz CT molecular complexity index is 159. The van der Waals surface area contributed by atoms with Crippen LogP contribution in [0, 0.1) is 0 Å². The van der Waals surface area contributed by atoms with Crippen LogP contribution in [-0.4, -0.2) is 31.7 Å². The van der Waals surface area contributed by atoms with Gasteiger partial charge in [-0.1, -0.05) is 53.4 Å². The monoisotopic (exact) mass is 318 g/mol. The molecular formula is C16H38O2Si2. The van der Waals surface area contributed by atoms with E-state index in [1.54, 1.807) is 0 Å². The average molecular weight is 319 g/mol. The van der Waals surface area contributed by atoms with E-state index in [2.05, 4.69) is 27.7 Å². The molecule has 2 nitrogen and oxygen atoms in total. The van der Waals surface area contributed by atoms with E-state index in [0.717, 1.165) is 0 Å². The van der Waals surface area contributed by atoms with Crippen LogP contribution in [0.25, 0.3) is 0 Å². The Morgan fingerprint density at radius 2 is 0.900 bits per heavy atom. The highest BCUT2D eigenvalue weighted by Gasteiger charge is 2.08. The average Bonchev–Trinajstić information content (AvgIpc) is 2.43. The molecule has 0 unspecified atom stereocenters. The summed E-state index contributed by atoms with van der Waals surface area (Å²) in [5.74, 6) is 0. The van der Waals surface area contributed by atoms with E-state index < -0.39 is 0 Å². The third-order valence-corrected chi connectivity index (χ3v) is 7.68. The molecule has 0 radical (unpaired) electrons. The first-order valence-electron chi connectivity index (χ1n) is 9.01. The normalized spacial score (nSPS) is 12.9. The summed E-state index contributed by atoms with van der Waals surface area (Å²) in [5, 5.41) is 0. The van der Waals surface area contributed by atoms with Crippen LogP contribution in [0.5, 0.6) is 0 Å².